The molecule has 0 aromatic carbocycles. The van der Waals surface area contributed by atoms with E-state index in [1.54, 1.807) is 0 Å². The number of aliphatic hydroxyl groups excluding tert-OH is 8. The molecule has 9 N–H and O–H groups in total. The minimum absolute atomic E-state index is 0.0192. The van der Waals surface area contributed by atoms with Crippen molar-refractivity contribution >= 4 is 17.9 Å². The van der Waals surface area contributed by atoms with Gasteiger partial charge in [0, 0.05) is 13.3 Å². The van der Waals surface area contributed by atoms with E-state index in [1.807, 2.05) is 13.8 Å². The minimum Gasteiger partial charge on any atom is -0.479 e. The van der Waals surface area contributed by atoms with Gasteiger partial charge in [-0.25, -0.2) is 4.79 Å². The van der Waals surface area contributed by atoms with E-state index in [4.69, 9.17) is 43.0 Å². The van der Waals surface area contributed by atoms with Crippen LogP contribution in [0, 0.1) is 5.92 Å². The van der Waals surface area contributed by atoms with E-state index in [1.165, 1.54) is 0 Å². The molecule has 0 aromatic heterocycles. The predicted molar refractivity (Wildman–Crippen MR) is 247 cm³/mol. The highest BCUT2D eigenvalue weighted by Gasteiger charge is 2.52. The number of unbranched alkanes of at least 4 members (excludes halogenated alkanes) is 13. The summed E-state index contributed by atoms with van der Waals surface area (Å²) in [4.78, 5) is 35.0. The maximum Gasteiger partial charge on any atom is 0.332 e. The van der Waals surface area contributed by atoms with E-state index in [9.17, 15) is 55.2 Å². The topological polar surface area (TPSA) is 307 Å². The first kappa shape index (κ1) is 61.2. The normalized spacial score (nSPS) is 31.0. The lowest BCUT2D eigenvalue weighted by Crippen LogP contribution is -2.65. The van der Waals surface area contributed by atoms with Crippen molar-refractivity contribution < 1.29 is 98.2 Å². The molecule has 0 aromatic rings. The van der Waals surface area contributed by atoms with Gasteiger partial charge in [-0.15, -0.1) is 0 Å². The average Bonchev–Trinajstić information content (AvgIpc) is 3.29. The van der Waals surface area contributed by atoms with Gasteiger partial charge in [-0.05, 0) is 44.4 Å². The van der Waals surface area contributed by atoms with Crippen LogP contribution in [0.2, 0.25) is 0 Å². The number of carbonyl (C=O) groups excluding carboxylic acids is 2. The van der Waals surface area contributed by atoms with Gasteiger partial charge in [0.2, 0.25) is 0 Å². The largest absolute Gasteiger partial charge is 0.479 e. The summed E-state index contributed by atoms with van der Waals surface area (Å²) in [6.45, 7) is 5.68. The molecular formula is C49H88O20. The highest BCUT2D eigenvalue weighted by molar-refractivity contribution is 5.71. The van der Waals surface area contributed by atoms with Gasteiger partial charge < -0.3 is 83.9 Å². The Morgan fingerprint density at radius 1 is 0.609 bits per heavy atom. The molecule has 0 aliphatic carbocycles. The molecule has 3 heterocycles. The molecule has 0 spiro atoms. The molecule has 3 aliphatic rings. The zero-order chi connectivity index (χ0) is 50.9. The molecule has 3 fully saturated rings. The summed E-state index contributed by atoms with van der Waals surface area (Å²) >= 11 is 0. The van der Waals surface area contributed by atoms with Gasteiger partial charge in [0.25, 0.3) is 0 Å². The van der Waals surface area contributed by atoms with E-state index in [0.717, 1.165) is 103 Å². The van der Waals surface area contributed by atoms with Gasteiger partial charge in [-0.2, -0.15) is 0 Å². The molecule has 5 unspecified atom stereocenters. The van der Waals surface area contributed by atoms with Gasteiger partial charge in [0.05, 0.1) is 25.4 Å². The molecule has 0 radical (unpaired) electrons. The third-order valence-corrected chi connectivity index (χ3v) is 13.0. The Kier molecular flexibility index (Phi) is 29.7. The van der Waals surface area contributed by atoms with Crippen molar-refractivity contribution in [2.45, 2.75) is 267 Å². The third-order valence-electron chi connectivity index (χ3n) is 13.0. The summed E-state index contributed by atoms with van der Waals surface area (Å²) in [6.07, 6.45) is -3.86. The van der Waals surface area contributed by atoms with E-state index in [-0.39, 0.29) is 25.0 Å². The van der Waals surface area contributed by atoms with Gasteiger partial charge >= 0.3 is 17.9 Å². The monoisotopic (exact) mass is 997 g/mol. The van der Waals surface area contributed by atoms with Crippen LogP contribution in [0.15, 0.2) is 0 Å². The van der Waals surface area contributed by atoms with Crippen molar-refractivity contribution in [1.82, 2.24) is 0 Å². The summed E-state index contributed by atoms with van der Waals surface area (Å²) in [6, 6.07) is 0. The van der Waals surface area contributed by atoms with Crippen molar-refractivity contribution in [3.63, 3.8) is 0 Å². The van der Waals surface area contributed by atoms with Gasteiger partial charge in [-0.1, -0.05) is 117 Å². The number of rotatable bonds is 35. The molecule has 0 amide bonds. The summed E-state index contributed by atoms with van der Waals surface area (Å²) in [5.41, 5.74) is 0. The smallest absolute Gasteiger partial charge is 0.332 e. The van der Waals surface area contributed by atoms with E-state index < -0.39 is 123 Å². The maximum atomic E-state index is 12.3. The predicted octanol–water partition coefficient (Wildman–Crippen LogP) is 3.28. The Bertz CT molecular complexity index is 1410. The fourth-order valence-electron chi connectivity index (χ4n) is 8.83. The second-order valence-electron chi connectivity index (χ2n) is 19.6. The molecule has 0 saturated carbocycles. The van der Waals surface area contributed by atoms with E-state index in [2.05, 4.69) is 6.92 Å². The number of carboxylic acids is 1. The fourth-order valence-corrected chi connectivity index (χ4v) is 8.83. The second kappa shape index (κ2) is 33.6. The second-order valence-corrected chi connectivity index (χ2v) is 19.6. The van der Waals surface area contributed by atoms with Crippen LogP contribution < -0.4 is 0 Å². The van der Waals surface area contributed by atoms with Crippen LogP contribution in [0.4, 0.5) is 0 Å². The van der Waals surface area contributed by atoms with Crippen LogP contribution in [0.5, 0.6) is 0 Å². The summed E-state index contributed by atoms with van der Waals surface area (Å²) in [5, 5.41) is 95.0. The molecule has 16 atom stereocenters. The molecule has 3 rings (SSSR count). The van der Waals surface area contributed by atoms with E-state index >= 15 is 0 Å². The molecule has 3 aliphatic heterocycles. The Morgan fingerprint density at radius 3 is 1.75 bits per heavy atom. The lowest BCUT2D eigenvalue weighted by atomic mass is 9.98. The van der Waals surface area contributed by atoms with E-state index in [0.29, 0.717) is 38.5 Å². The SMILES string of the molecule is CCCCCCC(CCCC(O)CCCCCCCCCCCCCC(O)C(=O)O)O[C@H]1OC[C@H](O)[C@@H](O)[C@@H]1O[C@H]1OC[C@H](OC(C)=O)[C@@H](O)[C@@H]1OC1O[C@@H](COC(=O)CC(C)C)[C@H](O)C(O)[C@@H]1O. The zero-order valence-corrected chi connectivity index (χ0v) is 41.5. The van der Waals surface area contributed by atoms with Gasteiger partial charge in [-0.3, -0.25) is 9.59 Å². The molecule has 20 nitrogen and oxygen atoms in total. The number of ether oxygens (including phenoxy) is 8. The lowest BCUT2D eigenvalue weighted by Gasteiger charge is -2.46. The quantitative estimate of drug-likeness (QED) is 0.0325. The number of aliphatic hydroxyl groups is 8. The van der Waals surface area contributed by atoms with Crippen LogP contribution in [0.3, 0.4) is 0 Å². The van der Waals surface area contributed by atoms with Crippen molar-refractivity contribution in [2.75, 3.05) is 19.8 Å². The number of hydrogen-bond acceptors (Lipinski definition) is 19. The van der Waals surface area contributed by atoms with Crippen LogP contribution in [-0.4, -0.2) is 182 Å². The Balaban J connectivity index is 1.59. The highest BCUT2D eigenvalue weighted by Crippen LogP contribution is 2.33. The summed E-state index contributed by atoms with van der Waals surface area (Å²) in [5.74, 6) is -2.51. The zero-order valence-electron chi connectivity index (χ0n) is 41.5. The number of carbonyl (C=O) groups is 3. The minimum atomic E-state index is -1.90. The van der Waals surface area contributed by atoms with Gasteiger partial charge in [0.1, 0.15) is 61.5 Å². The van der Waals surface area contributed by atoms with Gasteiger partial charge in [0.15, 0.2) is 31.1 Å². The lowest BCUT2D eigenvalue weighted by molar-refractivity contribution is -0.380. The molecule has 69 heavy (non-hydrogen) atoms. The Labute approximate surface area is 408 Å². The molecule has 20 heteroatoms. The standard InChI is InChI=1S/C49H88O20/c1-5-6-7-18-23-33(24-20-22-32(51)21-17-15-13-11-9-8-10-12-14-16-19-25-34(52)46(60)61)66-48-44(39(55)35(53)27-63-48)69-49-45(41(57)37(29-64-49)65-31(4)50)68-47-43(59)42(58)40(56)36(67-47)28-62-38(54)26-30(2)3/h30,32-37,39-45,47-49,51-53,55-59H,5-29H2,1-4H3,(H,60,61)/t32?,33?,34?,35-,36-,37-,39+,40-,41+,42?,43-,44-,45-,47?,48+,49+/m0/s1. The molecular weight excluding hydrogens is 909 g/mol. The van der Waals surface area contributed by atoms with Crippen molar-refractivity contribution in [2.24, 2.45) is 5.92 Å². The maximum absolute atomic E-state index is 12.3. The number of hydrogen-bond donors (Lipinski definition) is 9. The molecule has 404 valence electrons. The van der Waals surface area contributed by atoms with Crippen molar-refractivity contribution in [3.8, 4) is 0 Å². The van der Waals surface area contributed by atoms with Crippen LogP contribution in [0.1, 0.15) is 169 Å². The first-order chi connectivity index (χ1) is 32.9. The third kappa shape index (κ3) is 22.7. The number of esters is 2. The first-order valence-corrected chi connectivity index (χ1v) is 25.8. The Hall–Kier alpha value is -2.15. The first-order valence-electron chi connectivity index (χ1n) is 25.8. The van der Waals surface area contributed by atoms with Crippen LogP contribution in [0.25, 0.3) is 0 Å². The van der Waals surface area contributed by atoms with Crippen molar-refractivity contribution in [3.05, 3.63) is 0 Å². The van der Waals surface area contributed by atoms with Crippen LogP contribution in [-0.2, 0) is 52.3 Å². The fraction of sp³-hybridized carbons (Fsp3) is 0.939. The summed E-state index contributed by atoms with van der Waals surface area (Å²) < 4.78 is 46.9. The average molecular weight is 997 g/mol. The van der Waals surface area contributed by atoms with Crippen LogP contribution >= 0.6 is 0 Å². The summed E-state index contributed by atoms with van der Waals surface area (Å²) in [7, 11) is 0. The number of carboxylic acid groups (broad SMARTS) is 1. The molecule has 3 saturated heterocycles. The highest BCUT2D eigenvalue weighted by atomic mass is 16.8. The number of aliphatic carboxylic acids is 1. The van der Waals surface area contributed by atoms with Crippen molar-refractivity contribution in [1.29, 1.82) is 0 Å². The molecule has 0 bridgehead atoms. The Morgan fingerprint density at radius 2 is 1.14 bits per heavy atom.